The minimum absolute atomic E-state index is 0. The minimum Gasteiger partial charge on any atom is -0.370 e. The summed E-state index contributed by atoms with van der Waals surface area (Å²) in [5.41, 5.74) is 0.113. The van der Waals surface area contributed by atoms with Crippen LogP contribution in [0.1, 0.15) is 18.5 Å². The molecule has 1 aromatic carbocycles. The number of alkyl halides is 3. The highest BCUT2D eigenvalue weighted by atomic mass is 35.5. The van der Waals surface area contributed by atoms with Crippen molar-refractivity contribution in [2.45, 2.75) is 31.1 Å². The van der Waals surface area contributed by atoms with E-state index < -0.39 is 11.9 Å². The Kier molecular flexibility index (Phi) is 11.3. The molecular weight excluding hydrogens is 558 g/mol. The SMILES string of the molecule is Cl.Cl.Cl.O=C([C@@H]1C[C@H](N2CCCN(c3cc(C(F)(F)F)nc4ccccc34)CC2)CN1)N1CCSC1. The molecule has 1 N–H and O–H groups in total. The Morgan fingerprint density at radius 3 is 2.56 bits per heavy atom. The molecule has 13 heteroatoms. The molecule has 3 aliphatic heterocycles. The Bertz CT molecular complexity index is 1030. The molecule has 1 amide bonds. The van der Waals surface area contributed by atoms with Crippen LogP contribution in [0.4, 0.5) is 18.9 Å². The van der Waals surface area contributed by atoms with Gasteiger partial charge >= 0.3 is 6.18 Å². The number of nitrogens with zero attached hydrogens (tertiary/aromatic N) is 4. The minimum atomic E-state index is -4.48. The number of aromatic nitrogens is 1. The number of hydrogen-bond donors (Lipinski definition) is 1. The zero-order valence-corrected chi connectivity index (χ0v) is 22.8. The van der Waals surface area contributed by atoms with Crippen LogP contribution in [0.2, 0.25) is 0 Å². The smallest absolute Gasteiger partial charge is 0.370 e. The van der Waals surface area contributed by atoms with Crippen molar-refractivity contribution in [2.75, 3.05) is 55.8 Å². The number of carbonyl (C=O) groups is 1. The number of carbonyl (C=O) groups excluding carboxylic acids is 1. The predicted molar refractivity (Wildman–Crippen MR) is 146 cm³/mol. The molecule has 1 aromatic heterocycles. The van der Waals surface area contributed by atoms with E-state index in [1.165, 1.54) is 6.07 Å². The van der Waals surface area contributed by atoms with Crippen LogP contribution in [0.15, 0.2) is 30.3 Å². The van der Waals surface area contributed by atoms with E-state index in [1.54, 1.807) is 23.9 Å². The Morgan fingerprint density at radius 1 is 1.06 bits per heavy atom. The number of rotatable bonds is 3. The van der Waals surface area contributed by atoms with Crippen molar-refractivity contribution in [3.05, 3.63) is 36.0 Å². The molecule has 0 bridgehead atoms. The van der Waals surface area contributed by atoms with Crippen LogP contribution in [-0.2, 0) is 11.0 Å². The van der Waals surface area contributed by atoms with Gasteiger partial charge in [-0.25, -0.2) is 4.98 Å². The lowest BCUT2D eigenvalue weighted by atomic mass is 10.1. The molecular formula is C23H31Cl3F3N5OS. The molecule has 202 valence electrons. The van der Waals surface area contributed by atoms with Crippen molar-refractivity contribution >= 4 is 71.5 Å². The third-order valence-corrected chi connectivity index (χ3v) is 7.81. The highest BCUT2D eigenvalue weighted by Crippen LogP contribution is 2.35. The van der Waals surface area contributed by atoms with Crippen LogP contribution in [0, 0.1) is 0 Å². The quantitative estimate of drug-likeness (QED) is 0.578. The van der Waals surface area contributed by atoms with E-state index in [9.17, 15) is 18.0 Å². The van der Waals surface area contributed by atoms with Crippen molar-refractivity contribution in [1.82, 2.24) is 20.1 Å². The third-order valence-electron chi connectivity index (χ3n) is 6.84. The predicted octanol–water partition coefficient (Wildman–Crippen LogP) is 4.29. The lowest BCUT2D eigenvalue weighted by Gasteiger charge is -2.28. The molecule has 3 fully saturated rings. The number of amides is 1. The molecule has 5 rings (SSSR count). The monoisotopic (exact) mass is 587 g/mol. The summed E-state index contributed by atoms with van der Waals surface area (Å²) in [6.45, 7) is 4.56. The van der Waals surface area contributed by atoms with Gasteiger partial charge in [0.1, 0.15) is 5.69 Å². The van der Waals surface area contributed by atoms with Gasteiger partial charge in [-0.15, -0.1) is 49.0 Å². The molecule has 0 unspecified atom stereocenters. The van der Waals surface area contributed by atoms with Gasteiger partial charge in [0.15, 0.2) is 0 Å². The van der Waals surface area contributed by atoms with Crippen molar-refractivity contribution in [3.63, 3.8) is 0 Å². The van der Waals surface area contributed by atoms with Crippen LogP contribution in [0.5, 0.6) is 0 Å². The van der Waals surface area contributed by atoms with Gasteiger partial charge in [0.05, 0.1) is 17.4 Å². The maximum Gasteiger partial charge on any atom is 0.433 e. The van der Waals surface area contributed by atoms with Crippen molar-refractivity contribution in [2.24, 2.45) is 0 Å². The second-order valence-corrected chi connectivity index (χ2v) is 9.98. The highest BCUT2D eigenvalue weighted by molar-refractivity contribution is 7.99. The van der Waals surface area contributed by atoms with Gasteiger partial charge in [-0.2, -0.15) is 13.2 Å². The maximum absolute atomic E-state index is 13.5. The Labute approximate surface area is 231 Å². The largest absolute Gasteiger partial charge is 0.433 e. The number of halogens is 6. The Hall–Kier alpha value is -1.17. The molecule has 0 radical (unpaired) electrons. The first kappa shape index (κ1) is 31.1. The standard InChI is InChI=1S/C23H28F3N5OS.3ClH/c24-23(25,26)21-13-20(17-4-1-2-5-18(17)28-21)30-7-3-6-29(8-9-30)16-12-19(27-14-16)22(32)31-10-11-33-15-31;;;/h1-2,4-5,13,16,19,27H,3,6-12,14-15H2;3*1H/t16-,19-;;;/m0.../s1. The summed E-state index contributed by atoms with van der Waals surface area (Å²) in [7, 11) is 0. The Balaban J connectivity index is 0.00000152. The van der Waals surface area contributed by atoms with Crippen molar-refractivity contribution in [3.8, 4) is 0 Å². The van der Waals surface area contributed by atoms with E-state index in [-0.39, 0.29) is 55.2 Å². The first-order valence-electron chi connectivity index (χ1n) is 11.5. The van der Waals surface area contributed by atoms with E-state index >= 15 is 0 Å². The maximum atomic E-state index is 13.5. The van der Waals surface area contributed by atoms with E-state index in [0.717, 1.165) is 56.0 Å². The van der Waals surface area contributed by atoms with E-state index in [1.807, 2.05) is 17.0 Å². The third kappa shape index (κ3) is 6.63. The molecule has 2 atom stereocenters. The van der Waals surface area contributed by atoms with Gasteiger partial charge in [-0.3, -0.25) is 9.69 Å². The summed E-state index contributed by atoms with van der Waals surface area (Å²) >= 11 is 1.79. The molecule has 6 nitrogen and oxygen atoms in total. The number of anilines is 1. The number of fused-ring (bicyclic) bond motifs is 1. The average Bonchev–Trinajstić information content (AvgIpc) is 3.46. The second kappa shape index (κ2) is 13.1. The molecule has 0 spiro atoms. The summed E-state index contributed by atoms with van der Waals surface area (Å²) in [5.74, 6) is 1.98. The van der Waals surface area contributed by atoms with Crippen molar-refractivity contribution in [1.29, 1.82) is 0 Å². The fraction of sp³-hybridized carbons (Fsp3) is 0.565. The van der Waals surface area contributed by atoms with Gasteiger partial charge in [0, 0.05) is 62.1 Å². The van der Waals surface area contributed by atoms with E-state index in [4.69, 9.17) is 0 Å². The number of hydrogen-bond acceptors (Lipinski definition) is 6. The fourth-order valence-electron chi connectivity index (χ4n) is 5.10. The average molecular weight is 589 g/mol. The Morgan fingerprint density at radius 2 is 1.83 bits per heavy atom. The summed E-state index contributed by atoms with van der Waals surface area (Å²) in [5, 5.41) is 4.15. The number of pyridine rings is 1. The van der Waals surface area contributed by atoms with Crippen molar-refractivity contribution < 1.29 is 18.0 Å². The van der Waals surface area contributed by atoms with Gasteiger partial charge in [-0.05, 0) is 25.0 Å². The molecule has 0 saturated carbocycles. The fourth-order valence-corrected chi connectivity index (χ4v) is 6.05. The van der Waals surface area contributed by atoms with Crippen LogP contribution >= 0.6 is 49.0 Å². The first-order valence-corrected chi connectivity index (χ1v) is 12.6. The van der Waals surface area contributed by atoms with Gasteiger partial charge in [0.25, 0.3) is 0 Å². The molecule has 4 heterocycles. The summed E-state index contributed by atoms with van der Waals surface area (Å²) in [6.07, 6.45) is -2.84. The second-order valence-electron chi connectivity index (χ2n) is 8.91. The van der Waals surface area contributed by atoms with E-state index in [2.05, 4.69) is 20.1 Å². The number of benzene rings is 1. The molecule has 3 saturated heterocycles. The van der Waals surface area contributed by atoms with Gasteiger partial charge < -0.3 is 15.1 Å². The number of nitrogens with one attached hydrogen (secondary N) is 1. The summed E-state index contributed by atoms with van der Waals surface area (Å²) in [6, 6.07) is 8.37. The zero-order chi connectivity index (χ0) is 23.0. The lowest BCUT2D eigenvalue weighted by Crippen LogP contribution is -2.42. The van der Waals surface area contributed by atoms with Crippen LogP contribution in [0.25, 0.3) is 10.9 Å². The number of thioether (sulfide) groups is 1. The topological polar surface area (TPSA) is 51.7 Å². The summed E-state index contributed by atoms with van der Waals surface area (Å²) < 4.78 is 40.5. The van der Waals surface area contributed by atoms with E-state index in [0.29, 0.717) is 24.3 Å². The molecule has 0 aliphatic carbocycles. The van der Waals surface area contributed by atoms with Crippen LogP contribution in [-0.4, -0.2) is 83.7 Å². The van der Waals surface area contributed by atoms with Gasteiger partial charge in [-0.1, -0.05) is 18.2 Å². The zero-order valence-electron chi connectivity index (χ0n) is 19.6. The highest BCUT2D eigenvalue weighted by Gasteiger charge is 2.37. The van der Waals surface area contributed by atoms with Crippen LogP contribution < -0.4 is 10.2 Å². The first-order chi connectivity index (χ1) is 15.9. The molecule has 2 aromatic rings. The molecule has 36 heavy (non-hydrogen) atoms. The lowest BCUT2D eigenvalue weighted by molar-refractivity contribution is -0.141. The molecule has 3 aliphatic rings. The van der Waals surface area contributed by atoms with Crippen LogP contribution in [0.3, 0.4) is 0 Å². The van der Waals surface area contributed by atoms with Gasteiger partial charge in [0.2, 0.25) is 5.91 Å². The normalized spacial score (nSPS) is 23.0. The number of para-hydroxylation sites is 1. The summed E-state index contributed by atoms with van der Waals surface area (Å²) in [4.78, 5) is 23.0.